The van der Waals surface area contributed by atoms with Gasteiger partial charge in [-0.15, -0.1) is 0 Å². The molecule has 0 aliphatic rings. The lowest BCUT2D eigenvalue weighted by atomic mass is 9.85. The highest BCUT2D eigenvalue weighted by Gasteiger charge is 2.27. The Hall–Kier alpha value is -7.24. The SMILES string of the molecule is CC(C)(C)c1ccc(-n2c(-c3c(O)ccc4c3oc3ccccc34)nc3c(-c4cc(-c5ccccc5)cc(-c5ccccn5)c4)cccc32)c(-c2ccccc2)c1. The van der Waals surface area contributed by atoms with Crippen molar-refractivity contribution in [1.29, 1.82) is 0 Å². The van der Waals surface area contributed by atoms with E-state index in [-0.39, 0.29) is 11.2 Å². The van der Waals surface area contributed by atoms with Gasteiger partial charge in [0.15, 0.2) is 5.82 Å². The van der Waals surface area contributed by atoms with Crippen molar-refractivity contribution in [3.63, 3.8) is 0 Å². The molecule has 10 aromatic rings. The fraction of sp³-hybridized carbons (Fsp3) is 0.0769. The third-order valence-corrected chi connectivity index (χ3v) is 10.9. The van der Waals surface area contributed by atoms with E-state index in [0.29, 0.717) is 17.0 Å². The van der Waals surface area contributed by atoms with Crippen LogP contribution in [0, 0.1) is 0 Å². The summed E-state index contributed by atoms with van der Waals surface area (Å²) in [6, 6.07) is 58.4. The lowest BCUT2D eigenvalue weighted by Gasteiger charge is -2.23. The summed E-state index contributed by atoms with van der Waals surface area (Å²) in [5.41, 5.74) is 13.9. The molecule has 3 heterocycles. The summed E-state index contributed by atoms with van der Waals surface area (Å²) in [6.07, 6.45) is 1.83. The Bertz CT molecular complexity index is 3040. The number of para-hydroxylation sites is 2. The lowest BCUT2D eigenvalue weighted by molar-refractivity contribution is 0.476. The van der Waals surface area contributed by atoms with E-state index >= 15 is 0 Å². The van der Waals surface area contributed by atoms with Gasteiger partial charge in [0.25, 0.3) is 0 Å². The second kappa shape index (κ2) is 13.5. The van der Waals surface area contributed by atoms with Gasteiger partial charge in [-0.3, -0.25) is 9.55 Å². The molecule has 0 amide bonds. The largest absolute Gasteiger partial charge is 0.507 e. The van der Waals surface area contributed by atoms with E-state index in [9.17, 15) is 5.11 Å². The number of nitrogens with zero attached hydrogens (tertiary/aromatic N) is 3. The van der Waals surface area contributed by atoms with Crippen molar-refractivity contribution in [1.82, 2.24) is 14.5 Å². The molecule has 0 unspecified atom stereocenters. The van der Waals surface area contributed by atoms with E-state index in [1.807, 2.05) is 60.8 Å². The summed E-state index contributed by atoms with van der Waals surface area (Å²) >= 11 is 0. The first kappa shape index (κ1) is 34.3. The molecule has 0 fully saturated rings. The van der Waals surface area contributed by atoms with Gasteiger partial charge in [0.1, 0.15) is 22.5 Å². The molecule has 0 radical (unpaired) electrons. The number of pyridine rings is 1. The summed E-state index contributed by atoms with van der Waals surface area (Å²) in [6.45, 7) is 6.72. The molecule has 274 valence electrons. The van der Waals surface area contributed by atoms with Crippen LogP contribution in [-0.2, 0) is 5.41 Å². The maximum atomic E-state index is 11.9. The van der Waals surface area contributed by atoms with Gasteiger partial charge in [0.05, 0.1) is 22.4 Å². The van der Waals surface area contributed by atoms with Crippen molar-refractivity contribution in [2.24, 2.45) is 0 Å². The Kier molecular flexibility index (Phi) is 8.12. The number of hydrogen-bond donors (Lipinski definition) is 1. The first-order chi connectivity index (χ1) is 27.8. The normalized spacial score (nSPS) is 11.8. The van der Waals surface area contributed by atoms with Crippen LogP contribution in [0.3, 0.4) is 0 Å². The maximum absolute atomic E-state index is 11.9. The molecule has 0 saturated heterocycles. The quantitative estimate of drug-likeness (QED) is 0.185. The van der Waals surface area contributed by atoms with E-state index < -0.39 is 0 Å². The molecule has 10 rings (SSSR count). The minimum absolute atomic E-state index is 0.0811. The number of hydrogen-bond acceptors (Lipinski definition) is 4. The topological polar surface area (TPSA) is 64.1 Å². The molecule has 3 aromatic heterocycles. The van der Waals surface area contributed by atoms with Gasteiger partial charge in [-0.2, -0.15) is 0 Å². The van der Waals surface area contributed by atoms with Gasteiger partial charge in [-0.05, 0) is 100.0 Å². The Morgan fingerprint density at radius 1 is 0.561 bits per heavy atom. The average Bonchev–Trinajstić information content (AvgIpc) is 3.82. The zero-order valence-electron chi connectivity index (χ0n) is 31.9. The number of rotatable bonds is 6. The van der Waals surface area contributed by atoms with E-state index in [2.05, 4.69) is 135 Å². The molecule has 5 heteroatoms. The zero-order valence-corrected chi connectivity index (χ0v) is 31.9. The first-order valence-electron chi connectivity index (χ1n) is 19.3. The zero-order chi connectivity index (χ0) is 38.7. The highest BCUT2D eigenvalue weighted by Crippen LogP contribution is 2.46. The van der Waals surface area contributed by atoms with Crippen LogP contribution >= 0.6 is 0 Å². The number of phenolic OH excluding ortho intramolecular Hbond substituents is 1. The summed E-state index contributed by atoms with van der Waals surface area (Å²) in [4.78, 5) is 10.3. The molecular weight excluding hydrogens is 699 g/mol. The maximum Gasteiger partial charge on any atom is 0.153 e. The van der Waals surface area contributed by atoms with E-state index in [1.54, 1.807) is 6.07 Å². The minimum atomic E-state index is -0.0811. The summed E-state index contributed by atoms with van der Waals surface area (Å²) in [5.74, 6) is 0.681. The van der Waals surface area contributed by atoms with Crippen LogP contribution in [0.2, 0.25) is 0 Å². The molecule has 1 N–H and O–H groups in total. The number of fused-ring (bicyclic) bond motifs is 4. The fourth-order valence-corrected chi connectivity index (χ4v) is 8.05. The molecule has 0 bridgehead atoms. The van der Waals surface area contributed by atoms with Crippen molar-refractivity contribution >= 4 is 33.0 Å². The molecule has 0 atom stereocenters. The van der Waals surface area contributed by atoms with Crippen LogP contribution in [0.5, 0.6) is 5.75 Å². The molecular formula is C52H39N3O2. The number of imidazole rings is 1. The van der Waals surface area contributed by atoms with Crippen LogP contribution in [0.4, 0.5) is 0 Å². The van der Waals surface area contributed by atoms with Crippen molar-refractivity contribution in [2.45, 2.75) is 26.2 Å². The number of aromatic nitrogens is 3. The van der Waals surface area contributed by atoms with E-state index in [1.165, 1.54) is 5.56 Å². The highest BCUT2D eigenvalue weighted by molar-refractivity contribution is 6.11. The van der Waals surface area contributed by atoms with E-state index in [4.69, 9.17) is 14.4 Å². The van der Waals surface area contributed by atoms with Gasteiger partial charge in [-0.1, -0.05) is 124 Å². The Morgan fingerprint density at radius 2 is 1.28 bits per heavy atom. The standard InChI is InChI=1S/C52H39N3O2/c1-52(2,3)38-24-26-44(42(32-38)34-17-8-5-9-18-34)55-45-22-14-20-39(36-29-35(33-15-6-4-7-16-33)30-37(31-36)43-21-12-13-28-53-43)49(45)54-51(55)48-46(56)27-25-41-40-19-10-11-23-47(40)57-50(41)48/h4-32,56H,1-3H3. The van der Waals surface area contributed by atoms with Crippen LogP contribution in [0.1, 0.15) is 26.3 Å². The van der Waals surface area contributed by atoms with Crippen molar-refractivity contribution in [2.75, 3.05) is 0 Å². The van der Waals surface area contributed by atoms with Crippen molar-refractivity contribution in [3.05, 3.63) is 182 Å². The summed E-state index contributed by atoms with van der Waals surface area (Å²) in [7, 11) is 0. The monoisotopic (exact) mass is 737 g/mol. The molecule has 0 spiro atoms. The lowest BCUT2D eigenvalue weighted by Crippen LogP contribution is -2.12. The summed E-state index contributed by atoms with van der Waals surface area (Å²) in [5, 5.41) is 13.8. The summed E-state index contributed by atoms with van der Waals surface area (Å²) < 4.78 is 8.81. The molecule has 5 nitrogen and oxygen atoms in total. The average molecular weight is 738 g/mol. The van der Waals surface area contributed by atoms with Crippen molar-refractivity contribution < 1.29 is 9.52 Å². The number of benzene rings is 7. The van der Waals surface area contributed by atoms with Crippen LogP contribution in [0.25, 0.3) is 94.7 Å². The van der Waals surface area contributed by atoms with E-state index in [0.717, 1.165) is 77.7 Å². The Labute approximate surface area is 331 Å². The molecule has 0 aliphatic carbocycles. The third kappa shape index (κ3) is 5.96. The first-order valence-corrected chi connectivity index (χ1v) is 19.3. The van der Waals surface area contributed by atoms with Gasteiger partial charge in [-0.25, -0.2) is 4.98 Å². The Morgan fingerprint density at radius 3 is 2.05 bits per heavy atom. The van der Waals surface area contributed by atoms with Gasteiger partial charge >= 0.3 is 0 Å². The van der Waals surface area contributed by atoms with Gasteiger partial charge in [0.2, 0.25) is 0 Å². The van der Waals surface area contributed by atoms with Gasteiger partial charge < -0.3 is 9.52 Å². The van der Waals surface area contributed by atoms with Crippen molar-refractivity contribution in [3.8, 4) is 67.5 Å². The second-order valence-electron chi connectivity index (χ2n) is 15.6. The number of phenols is 1. The van der Waals surface area contributed by atoms with Crippen LogP contribution in [-0.4, -0.2) is 19.6 Å². The predicted molar refractivity (Wildman–Crippen MR) is 234 cm³/mol. The highest BCUT2D eigenvalue weighted by atomic mass is 16.3. The fourth-order valence-electron chi connectivity index (χ4n) is 8.05. The van der Waals surface area contributed by atoms with Gasteiger partial charge in [0, 0.05) is 33.7 Å². The third-order valence-electron chi connectivity index (χ3n) is 10.9. The number of furan rings is 1. The number of aromatic hydroxyl groups is 1. The van der Waals surface area contributed by atoms with Crippen LogP contribution < -0.4 is 0 Å². The molecule has 0 saturated carbocycles. The second-order valence-corrected chi connectivity index (χ2v) is 15.6. The minimum Gasteiger partial charge on any atom is -0.507 e. The molecule has 7 aromatic carbocycles. The smallest absolute Gasteiger partial charge is 0.153 e. The predicted octanol–water partition coefficient (Wildman–Crippen LogP) is 13.7. The Balaban J connectivity index is 1.31. The van der Waals surface area contributed by atoms with Crippen LogP contribution in [0.15, 0.2) is 180 Å². The molecule has 57 heavy (non-hydrogen) atoms. The molecule has 0 aliphatic heterocycles.